The number of rotatable bonds is 4. The summed E-state index contributed by atoms with van der Waals surface area (Å²) in [5.74, 6) is 0.0946. The molecule has 1 aromatic heterocycles. The molecule has 1 aromatic carbocycles. The first kappa shape index (κ1) is 20.5. The fraction of sp³-hybridized carbons (Fsp3) is 0.500. The molecular weight excluding hydrogens is 348 g/mol. The summed E-state index contributed by atoms with van der Waals surface area (Å²) >= 11 is 0. The van der Waals surface area contributed by atoms with Gasteiger partial charge in [0.05, 0.1) is 12.2 Å². The highest BCUT2D eigenvalue weighted by Gasteiger charge is 2.29. The zero-order valence-corrected chi connectivity index (χ0v) is 16.6. The zero-order chi connectivity index (χ0) is 18.0. The molecule has 3 rings (SSSR count). The number of carbonyl (C=O) groups is 1. The Hall–Kier alpha value is -1.85. The van der Waals surface area contributed by atoms with E-state index in [0.717, 1.165) is 48.3 Å². The summed E-state index contributed by atoms with van der Waals surface area (Å²) in [5.41, 5.74) is 10.1. The second-order valence-electron chi connectivity index (χ2n) is 7.21. The van der Waals surface area contributed by atoms with Crippen molar-refractivity contribution in [2.45, 2.75) is 58.7 Å². The standard InChI is InChI=1S/C20H28N4O.ClH/c1-14-11-15(2)24(22-14)13-17-7-6-8-18(12-17)20(25)23-10-5-4-9-19(23)16(3)21;/h6-8,11-12,16,19H,4-5,9-10,13,21H2,1-3H3;1H. The van der Waals surface area contributed by atoms with Gasteiger partial charge in [-0.3, -0.25) is 9.48 Å². The van der Waals surface area contributed by atoms with E-state index < -0.39 is 0 Å². The van der Waals surface area contributed by atoms with Gasteiger partial charge in [-0.1, -0.05) is 12.1 Å². The van der Waals surface area contributed by atoms with Gasteiger partial charge in [0.25, 0.3) is 5.91 Å². The first-order valence-corrected chi connectivity index (χ1v) is 9.12. The molecule has 2 heterocycles. The smallest absolute Gasteiger partial charge is 0.254 e. The molecule has 2 atom stereocenters. The maximum absolute atomic E-state index is 13.0. The van der Waals surface area contributed by atoms with Crippen LogP contribution in [0.4, 0.5) is 0 Å². The van der Waals surface area contributed by atoms with E-state index in [4.69, 9.17) is 5.73 Å². The predicted molar refractivity (Wildman–Crippen MR) is 107 cm³/mol. The van der Waals surface area contributed by atoms with E-state index in [1.54, 1.807) is 0 Å². The van der Waals surface area contributed by atoms with Crippen LogP contribution in [0.3, 0.4) is 0 Å². The van der Waals surface area contributed by atoms with Crippen LogP contribution in [0.1, 0.15) is 53.5 Å². The van der Waals surface area contributed by atoms with E-state index in [-0.39, 0.29) is 30.4 Å². The zero-order valence-electron chi connectivity index (χ0n) is 15.8. The molecule has 142 valence electrons. The third-order valence-electron chi connectivity index (χ3n) is 5.03. The SMILES string of the molecule is Cc1cc(C)n(Cc2cccc(C(=O)N3CCCCC3C(C)N)c2)n1.Cl. The summed E-state index contributed by atoms with van der Waals surface area (Å²) < 4.78 is 1.98. The van der Waals surface area contributed by atoms with Gasteiger partial charge in [-0.15, -0.1) is 12.4 Å². The number of aryl methyl sites for hydroxylation is 2. The van der Waals surface area contributed by atoms with Gasteiger partial charge in [-0.25, -0.2) is 0 Å². The van der Waals surface area contributed by atoms with Gasteiger partial charge in [-0.05, 0) is 63.8 Å². The van der Waals surface area contributed by atoms with Gasteiger partial charge in [0.15, 0.2) is 0 Å². The highest BCUT2D eigenvalue weighted by Crippen LogP contribution is 2.22. The van der Waals surface area contributed by atoms with Crippen molar-refractivity contribution in [1.82, 2.24) is 14.7 Å². The number of piperidine rings is 1. The van der Waals surface area contributed by atoms with Crippen LogP contribution in [0.2, 0.25) is 0 Å². The van der Waals surface area contributed by atoms with Crippen LogP contribution in [0.5, 0.6) is 0 Å². The Morgan fingerprint density at radius 1 is 1.31 bits per heavy atom. The van der Waals surface area contributed by atoms with E-state index in [9.17, 15) is 4.79 Å². The minimum absolute atomic E-state index is 0. The number of nitrogens with zero attached hydrogens (tertiary/aromatic N) is 3. The molecule has 1 aliphatic rings. The molecule has 26 heavy (non-hydrogen) atoms. The lowest BCUT2D eigenvalue weighted by atomic mass is 9.96. The Labute approximate surface area is 162 Å². The summed E-state index contributed by atoms with van der Waals surface area (Å²) in [7, 11) is 0. The van der Waals surface area contributed by atoms with Gasteiger partial charge < -0.3 is 10.6 Å². The summed E-state index contributed by atoms with van der Waals surface area (Å²) in [4.78, 5) is 15.0. The highest BCUT2D eigenvalue weighted by atomic mass is 35.5. The van der Waals surface area contributed by atoms with E-state index in [2.05, 4.69) is 18.1 Å². The van der Waals surface area contributed by atoms with Crippen molar-refractivity contribution in [3.8, 4) is 0 Å². The van der Waals surface area contributed by atoms with Crippen molar-refractivity contribution in [2.24, 2.45) is 5.73 Å². The maximum Gasteiger partial charge on any atom is 0.254 e. The summed E-state index contributed by atoms with van der Waals surface area (Å²) in [6.07, 6.45) is 3.20. The third kappa shape index (κ3) is 4.46. The van der Waals surface area contributed by atoms with Crippen LogP contribution in [0.15, 0.2) is 30.3 Å². The van der Waals surface area contributed by atoms with Crippen molar-refractivity contribution < 1.29 is 4.79 Å². The van der Waals surface area contributed by atoms with Gasteiger partial charge in [0, 0.05) is 29.9 Å². The highest BCUT2D eigenvalue weighted by molar-refractivity contribution is 5.94. The van der Waals surface area contributed by atoms with Crippen molar-refractivity contribution >= 4 is 18.3 Å². The Bertz CT molecular complexity index is 756. The lowest BCUT2D eigenvalue weighted by Gasteiger charge is -2.38. The predicted octanol–water partition coefficient (Wildman–Crippen LogP) is 3.31. The lowest BCUT2D eigenvalue weighted by Crippen LogP contribution is -2.51. The van der Waals surface area contributed by atoms with Gasteiger partial charge in [0.2, 0.25) is 0 Å². The van der Waals surface area contributed by atoms with Crippen LogP contribution >= 0.6 is 12.4 Å². The van der Waals surface area contributed by atoms with Crippen molar-refractivity contribution in [1.29, 1.82) is 0 Å². The number of amides is 1. The Balaban J connectivity index is 0.00000243. The molecule has 2 aromatic rings. The van der Waals surface area contributed by atoms with Crippen LogP contribution in [0, 0.1) is 13.8 Å². The van der Waals surface area contributed by atoms with Crippen molar-refractivity contribution in [3.63, 3.8) is 0 Å². The number of nitrogens with two attached hydrogens (primary N) is 1. The molecule has 0 aliphatic carbocycles. The maximum atomic E-state index is 13.0. The van der Waals surface area contributed by atoms with Gasteiger partial charge in [-0.2, -0.15) is 5.10 Å². The molecule has 5 nitrogen and oxygen atoms in total. The second kappa shape index (κ2) is 8.69. The number of likely N-dealkylation sites (tertiary alicyclic amines) is 1. The first-order valence-electron chi connectivity index (χ1n) is 9.12. The third-order valence-corrected chi connectivity index (χ3v) is 5.03. The molecule has 0 saturated carbocycles. The number of benzene rings is 1. The lowest BCUT2D eigenvalue weighted by molar-refractivity contribution is 0.0583. The molecule has 2 unspecified atom stereocenters. The summed E-state index contributed by atoms with van der Waals surface area (Å²) in [6, 6.07) is 10.1. The molecular formula is C20H29ClN4O. The summed E-state index contributed by atoms with van der Waals surface area (Å²) in [5, 5.41) is 4.51. The quantitative estimate of drug-likeness (QED) is 0.890. The first-order chi connectivity index (χ1) is 12.0. The molecule has 1 fully saturated rings. The van der Waals surface area contributed by atoms with Gasteiger partial charge >= 0.3 is 0 Å². The van der Waals surface area contributed by atoms with Crippen LogP contribution < -0.4 is 5.73 Å². The average Bonchev–Trinajstić information content (AvgIpc) is 2.91. The Morgan fingerprint density at radius 2 is 2.08 bits per heavy atom. The molecule has 6 heteroatoms. The van der Waals surface area contributed by atoms with Crippen molar-refractivity contribution in [3.05, 3.63) is 52.8 Å². The van der Waals surface area contributed by atoms with E-state index in [0.29, 0.717) is 6.54 Å². The van der Waals surface area contributed by atoms with Crippen LogP contribution in [-0.4, -0.2) is 39.2 Å². The minimum Gasteiger partial charge on any atom is -0.334 e. The Kier molecular flexibility index (Phi) is 6.84. The topological polar surface area (TPSA) is 64.2 Å². The molecule has 0 bridgehead atoms. The molecule has 0 radical (unpaired) electrons. The van der Waals surface area contributed by atoms with Crippen molar-refractivity contribution in [2.75, 3.05) is 6.54 Å². The average molecular weight is 377 g/mol. The van der Waals surface area contributed by atoms with E-state index >= 15 is 0 Å². The number of hydrogen-bond acceptors (Lipinski definition) is 3. The van der Waals surface area contributed by atoms with E-state index in [1.165, 1.54) is 0 Å². The number of halogens is 1. The molecule has 0 spiro atoms. The van der Waals surface area contributed by atoms with Crippen LogP contribution in [-0.2, 0) is 6.54 Å². The summed E-state index contributed by atoms with van der Waals surface area (Å²) in [6.45, 7) is 7.52. The minimum atomic E-state index is 0. The fourth-order valence-electron chi connectivity index (χ4n) is 3.73. The number of hydrogen-bond donors (Lipinski definition) is 1. The van der Waals surface area contributed by atoms with E-state index in [1.807, 2.05) is 47.7 Å². The molecule has 1 aliphatic heterocycles. The molecule has 1 saturated heterocycles. The monoisotopic (exact) mass is 376 g/mol. The normalized spacial score (nSPS) is 18.3. The number of carbonyl (C=O) groups excluding carboxylic acids is 1. The van der Waals surface area contributed by atoms with Gasteiger partial charge in [0.1, 0.15) is 0 Å². The number of aromatic nitrogens is 2. The molecule has 2 N–H and O–H groups in total. The van der Waals surface area contributed by atoms with Crippen LogP contribution in [0.25, 0.3) is 0 Å². The molecule has 1 amide bonds. The largest absolute Gasteiger partial charge is 0.334 e. The Morgan fingerprint density at radius 3 is 2.73 bits per heavy atom. The fourth-order valence-corrected chi connectivity index (χ4v) is 3.73. The second-order valence-corrected chi connectivity index (χ2v) is 7.21.